The number of likely N-dealkylation sites (N-methyl/N-ethyl adjacent to an activating group) is 1. The number of thiophene rings is 1. The highest BCUT2D eigenvalue weighted by atomic mass is 32.3. The number of sulfonamides is 1. The standard InChI is InChI=1S/C21H34N6O10S3/c1-4-23-16-12-25(8-6-9-35-3)40(33,34)21-15(16)11-19(38-21)39-26(22)20(30)17(24-14(2)28)13-36-18(29)7-5-10-37-27(31)32/h11,16-17,23H,4-10,12-13,22H2,1-3H3,(H,24,28). The summed E-state index contributed by atoms with van der Waals surface area (Å²) in [6.07, 6.45) is 0.339. The Kier molecular flexibility index (Phi) is 13.5. The van der Waals surface area contributed by atoms with E-state index in [0.717, 1.165) is 27.7 Å². The first-order valence-electron chi connectivity index (χ1n) is 12.2. The Hall–Kier alpha value is -2.55. The molecule has 4 N–H and O–H groups in total. The lowest BCUT2D eigenvalue weighted by molar-refractivity contribution is -0.757. The van der Waals surface area contributed by atoms with E-state index in [4.69, 9.17) is 15.3 Å². The van der Waals surface area contributed by atoms with Gasteiger partial charge in [0.15, 0.2) is 0 Å². The van der Waals surface area contributed by atoms with E-state index < -0.39 is 45.5 Å². The number of hydrogen-bond acceptors (Lipinski definition) is 14. The number of amides is 2. The third-order valence-electron chi connectivity index (χ3n) is 5.46. The molecule has 16 nitrogen and oxygen atoms in total. The van der Waals surface area contributed by atoms with E-state index in [0.29, 0.717) is 35.9 Å². The molecule has 226 valence electrons. The Morgan fingerprint density at radius 1 is 1.35 bits per heavy atom. The zero-order valence-electron chi connectivity index (χ0n) is 22.3. The van der Waals surface area contributed by atoms with Crippen molar-refractivity contribution in [2.45, 2.75) is 53.6 Å². The number of hydrazine groups is 1. The molecule has 0 saturated carbocycles. The summed E-state index contributed by atoms with van der Waals surface area (Å²) in [6.45, 7) is 3.81. The summed E-state index contributed by atoms with van der Waals surface area (Å²) in [7, 11) is -2.23. The SMILES string of the molecule is CCNC1CN(CCCOC)S(=O)(=O)c2sc(SN(N)C(=O)C(COC(=O)CCCO[N+](=O)[O-])NC(C)=O)cc21. The van der Waals surface area contributed by atoms with E-state index in [9.17, 15) is 32.9 Å². The molecule has 2 atom stereocenters. The molecule has 0 fully saturated rings. The number of nitrogens with one attached hydrogen (secondary N) is 2. The number of methoxy groups -OCH3 is 1. The van der Waals surface area contributed by atoms with Gasteiger partial charge in [-0.15, -0.1) is 21.5 Å². The van der Waals surface area contributed by atoms with Crippen LogP contribution in [0.2, 0.25) is 0 Å². The quantitative estimate of drug-likeness (QED) is 0.0401. The maximum atomic E-state index is 13.3. The van der Waals surface area contributed by atoms with Gasteiger partial charge in [0.1, 0.15) is 16.9 Å². The molecule has 1 aliphatic rings. The predicted molar refractivity (Wildman–Crippen MR) is 144 cm³/mol. The van der Waals surface area contributed by atoms with Crippen molar-refractivity contribution in [3.8, 4) is 0 Å². The van der Waals surface area contributed by atoms with Crippen molar-refractivity contribution in [2.75, 3.05) is 46.6 Å². The van der Waals surface area contributed by atoms with Crippen LogP contribution in [-0.2, 0) is 38.7 Å². The normalized spacial score (nSPS) is 16.9. The van der Waals surface area contributed by atoms with Crippen molar-refractivity contribution >= 4 is 51.1 Å². The van der Waals surface area contributed by atoms with Gasteiger partial charge in [0.05, 0.1) is 10.8 Å². The van der Waals surface area contributed by atoms with Crippen LogP contribution in [0.5, 0.6) is 0 Å². The third kappa shape index (κ3) is 9.82. The lowest BCUT2D eigenvalue weighted by Crippen LogP contribution is -2.50. The average molecular weight is 627 g/mol. The zero-order valence-corrected chi connectivity index (χ0v) is 24.8. The number of carbonyl (C=O) groups is 3. The van der Waals surface area contributed by atoms with Gasteiger partial charge < -0.3 is 24.9 Å². The first-order chi connectivity index (χ1) is 18.9. The number of hydrogen-bond donors (Lipinski definition) is 3. The Balaban J connectivity index is 2.11. The summed E-state index contributed by atoms with van der Waals surface area (Å²) in [5.74, 6) is 3.84. The van der Waals surface area contributed by atoms with Crippen LogP contribution >= 0.6 is 23.3 Å². The number of carbonyl (C=O) groups excluding carboxylic acids is 3. The second-order valence-corrected chi connectivity index (χ2v) is 12.9. The number of nitrogens with two attached hydrogens (primary N) is 1. The fourth-order valence-electron chi connectivity index (χ4n) is 3.71. The molecule has 0 aromatic carbocycles. The van der Waals surface area contributed by atoms with Crippen LogP contribution in [0, 0.1) is 10.1 Å². The summed E-state index contributed by atoms with van der Waals surface area (Å²) in [5.41, 5.74) is 0.576. The maximum absolute atomic E-state index is 13.3. The summed E-state index contributed by atoms with van der Waals surface area (Å²) in [6, 6.07) is 0.0780. The first kappa shape index (κ1) is 33.7. The Labute approximate surface area is 240 Å². The van der Waals surface area contributed by atoms with Crippen molar-refractivity contribution in [1.29, 1.82) is 0 Å². The third-order valence-corrected chi connectivity index (χ3v) is 9.94. The number of esters is 1. The van der Waals surface area contributed by atoms with Crippen molar-refractivity contribution in [2.24, 2.45) is 5.84 Å². The Morgan fingerprint density at radius 2 is 2.08 bits per heavy atom. The van der Waals surface area contributed by atoms with Gasteiger partial charge in [-0.05, 0) is 25.5 Å². The molecular weight excluding hydrogens is 592 g/mol. The van der Waals surface area contributed by atoms with E-state index in [1.807, 2.05) is 6.92 Å². The topological polar surface area (TPSA) is 213 Å². The molecule has 19 heteroatoms. The molecule has 1 aliphatic heterocycles. The van der Waals surface area contributed by atoms with E-state index in [2.05, 4.69) is 15.5 Å². The van der Waals surface area contributed by atoms with Crippen molar-refractivity contribution in [3.05, 3.63) is 21.7 Å². The number of fused-ring (bicyclic) bond motifs is 1. The Bertz CT molecular complexity index is 1150. The van der Waals surface area contributed by atoms with E-state index in [1.54, 1.807) is 13.2 Å². The molecule has 40 heavy (non-hydrogen) atoms. The van der Waals surface area contributed by atoms with Crippen molar-refractivity contribution < 1.29 is 42.2 Å². The highest BCUT2D eigenvalue weighted by Crippen LogP contribution is 2.42. The highest BCUT2D eigenvalue weighted by molar-refractivity contribution is 8.00. The molecule has 2 amide bonds. The van der Waals surface area contributed by atoms with Gasteiger partial charge in [0.25, 0.3) is 21.0 Å². The molecule has 1 aromatic heterocycles. The number of rotatable bonds is 17. The molecular formula is C21H34N6O10S3. The molecule has 2 rings (SSSR count). The van der Waals surface area contributed by atoms with Gasteiger partial charge in [-0.25, -0.2) is 18.7 Å². The largest absolute Gasteiger partial charge is 0.463 e. The fourth-order valence-corrected chi connectivity index (χ4v) is 8.24. The fraction of sp³-hybridized carbons (Fsp3) is 0.667. The van der Waals surface area contributed by atoms with E-state index in [-0.39, 0.29) is 36.2 Å². The monoisotopic (exact) mass is 626 g/mol. The first-order valence-corrected chi connectivity index (χ1v) is 15.3. The van der Waals surface area contributed by atoms with Gasteiger partial charge in [-0.2, -0.15) is 4.31 Å². The van der Waals surface area contributed by atoms with Crippen LogP contribution in [0.1, 0.15) is 44.7 Å². The summed E-state index contributed by atoms with van der Waals surface area (Å²) in [4.78, 5) is 50.9. The minimum Gasteiger partial charge on any atom is -0.463 e. The molecule has 2 unspecified atom stereocenters. The highest BCUT2D eigenvalue weighted by Gasteiger charge is 2.39. The van der Waals surface area contributed by atoms with Crippen LogP contribution in [0.15, 0.2) is 14.5 Å². The number of ether oxygens (including phenoxy) is 2. The summed E-state index contributed by atoms with van der Waals surface area (Å²) < 4.78 is 39.4. The van der Waals surface area contributed by atoms with Crippen molar-refractivity contribution in [1.82, 2.24) is 19.4 Å². The average Bonchev–Trinajstić information content (AvgIpc) is 3.31. The molecule has 0 spiro atoms. The predicted octanol–water partition coefficient (Wildman–Crippen LogP) is 0.185. The van der Waals surface area contributed by atoms with Crippen molar-refractivity contribution in [3.63, 3.8) is 0 Å². The lowest BCUT2D eigenvalue weighted by atomic mass is 10.1. The van der Waals surface area contributed by atoms with Crippen LogP contribution in [0.25, 0.3) is 0 Å². The molecule has 1 aromatic rings. The van der Waals surface area contributed by atoms with Crippen LogP contribution < -0.4 is 16.5 Å². The molecule has 0 saturated heterocycles. The van der Waals surface area contributed by atoms with Gasteiger partial charge in [-0.1, -0.05) is 6.92 Å². The zero-order chi connectivity index (χ0) is 29.9. The van der Waals surface area contributed by atoms with Crippen LogP contribution in [0.3, 0.4) is 0 Å². The molecule has 0 radical (unpaired) electrons. The molecule has 0 bridgehead atoms. The lowest BCUT2D eigenvalue weighted by Gasteiger charge is -2.32. The van der Waals surface area contributed by atoms with Gasteiger partial charge in [0.2, 0.25) is 5.91 Å². The smallest absolute Gasteiger partial charge is 0.305 e. The van der Waals surface area contributed by atoms with E-state index >= 15 is 0 Å². The van der Waals surface area contributed by atoms with Gasteiger partial charge >= 0.3 is 5.97 Å². The van der Waals surface area contributed by atoms with Crippen LogP contribution in [-0.4, -0.2) is 92.6 Å². The van der Waals surface area contributed by atoms with Crippen LogP contribution in [0.4, 0.5) is 0 Å². The minimum absolute atomic E-state index is 0.0150. The maximum Gasteiger partial charge on any atom is 0.305 e. The summed E-state index contributed by atoms with van der Waals surface area (Å²) in [5, 5.41) is 14.8. The minimum atomic E-state index is -3.78. The second-order valence-electron chi connectivity index (χ2n) is 8.48. The molecule has 0 aliphatic carbocycles. The van der Waals surface area contributed by atoms with Gasteiger partial charge in [0, 0.05) is 63.7 Å². The summed E-state index contributed by atoms with van der Waals surface area (Å²) >= 11 is 1.75. The van der Waals surface area contributed by atoms with E-state index in [1.165, 1.54) is 11.2 Å². The van der Waals surface area contributed by atoms with Gasteiger partial charge in [-0.3, -0.25) is 14.4 Å². The number of nitrogens with zero attached hydrogens (tertiary/aromatic N) is 3. The second kappa shape index (κ2) is 16.0. The Morgan fingerprint density at radius 3 is 2.70 bits per heavy atom. The molecule has 2 heterocycles.